The summed E-state index contributed by atoms with van der Waals surface area (Å²) in [4.78, 5) is 25.7. The van der Waals surface area contributed by atoms with Crippen molar-refractivity contribution in [2.75, 3.05) is 13.1 Å². The highest BCUT2D eigenvalue weighted by Crippen LogP contribution is 2.30. The number of likely N-dealkylation sites (tertiary alicyclic amines) is 1. The predicted octanol–water partition coefficient (Wildman–Crippen LogP) is 1.64. The van der Waals surface area contributed by atoms with Crippen LogP contribution in [0.5, 0.6) is 0 Å². The highest BCUT2D eigenvalue weighted by molar-refractivity contribution is 6.06. The van der Waals surface area contributed by atoms with Gasteiger partial charge in [-0.25, -0.2) is 9.18 Å². The summed E-state index contributed by atoms with van der Waals surface area (Å²) in [5, 5.41) is 5.09. The lowest BCUT2D eigenvalue weighted by Gasteiger charge is -2.39. The first-order valence-corrected chi connectivity index (χ1v) is 7.58. The van der Waals surface area contributed by atoms with Gasteiger partial charge >= 0.3 is 6.03 Å². The maximum Gasteiger partial charge on any atom is 0.322 e. The molecule has 3 rings (SSSR count). The molecule has 3 amide bonds. The molecule has 1 aromatic rings. The molecule has 0 saturated carbocycles. The molecule has 0 radical (unpaired) electrons. The zero-order valence-electron chi connectivity index (χ0n) is 12.6. The Balaban J connectivity index is 1.68. The minimum atomic E-state index is -0.835. The summed E-state index contributed by atoms with van der Waals surface area (Å²) in [6.07, 6.45) is 1.88. The van der Waals surface area contributed by atoms with E-state index in [0.29, 0.717) is 0 Å². The van der Waals surface area contributed by atoms with E-state index in [0.717, 1.165) is 38.0 Å². The van der Waals surface area contributed by atoms with Gasteiger partial charge in [-0.3, -0.25) is 15.0 Å². The largest absolute Gasteiger partial charge is 0.323 e. The van der Waals surface area contributed by atoms with Gasteiger partial charge in [-0.1, -0.05) is 12.1 Å². The van der Waals surface area contributed by atoms with Gasteiger partial charge < -0.3 is 5.32 Å². The van der Waals surface area contributed by atoms with Gasteiger partial charge in [0.2, 0.25) is 0 Å². The number of urea groups is 1. The van der Waals surface area contributed by atoms with Crippen LogP contribution >= 0.6 is 0 Å². The molecule has 118 valence electrons. The first kappa shape index (κ1) is 15.0. The number of hydrogen-bond donors (Lipinski definition) is 2. The van der Waals surface area contributed by atoms with Gasteiger partial charge in [-0.05, 0) is 44.0 Å². The van der Waals surface area contributed by atoms with E-state index in [-0.39, 0.29) is 17.6 Å². The molecule has 0 spiro atoms. The Morgan fingerprint density at radius 3 is 2.68 bits per heavy atom. The van der Waals surface area contributed by atoms with Crippen LogP contribution in [0.25, 0.3) is 0 Å². The number of imide groups is 1. The van der Waals surface area contributed by atoms with E-state index in [2.05, 4.69) is 15.5 Å². The molecular formula is C16H20FN3O2. The Morgan fingerprint density at radius 1 is 1.32 bits per heavy atom. The van der Waals surface area contributed by atoms with Crippen molar-refractivity contribution in [1.82, 2.24) is 15.5 Å². The molecule has 2 fully saturated rings. The van der Waals surface area contributed by atoms with Gasteiger partial charge in [0.15, 0.2) is 0 Å². The van der Waals surface area contributed by atoms with Gasteiger partial charge in [0.05, 0.1) is 0 Å². The average molecular weight is 305 g/mol. The molecule has 2 N–H and O–H groups in total. The smallest absolute Gasteiger partial charge is 0.322 e. The number of halogens is 1. The maximum atomic E-state index is 13.0. The zero-order chi connectivity index (χ0) is 15.7. The van der Waals surface area contributed by atoms with Crippen molar-refractivity contribution in [3.8, 4) is 0 Å². The van der Waals surface area contributed by atoms with E-state index in [9.17, 15) is 14.0 Å². The van der Waals surface area contributed by atoms with Crippen molar-refractivity contribution in [2.24, 2.45) is 5.92 Å². The number of nitrogens with one attached hydrogen (secondary N) is 2. The van der Waals surface area contributed by atoms with Gasteiger partial charge in [0.25, 0.3) is 5.91 Å². The third-order valence-corrected chi connectivity index (χ3v) is 4.71. The van der Waals surface area contributed by atoms with Crippen molar-refractivity contribution >= 4 is 11.9 Å². The number of carbonyl (C=O) groups is 2. The second-order valence-corrected chi connectivity index (χ2v) is 6.31. The number of amides is 3. The monoisotopic (exact) mass is 305 g/mol. The summed E-state index contributed by atoms with van der Waals surface area (Å²) in [7, 11) is 0. The predicted molar refractivity (Wildman–Crippen MR) is 79.5 cm³/mol. The molecule has 2 aliphatic heterocycles. The van der Waals surface area contributed by atoms with Crippen molar-refractivity contribution in [3.63, 3.8) is 0 Å². The van der Waals surface area contributed by atoms with Crippen molar-refractivity contribution in [2.45, 2.75) is 31.8 Å². The second kappa shape index (κ2) is 5.68. The Morgan fingerprint density at radius 2 is 2.05 bits per heavy atom. The van der Waals surface area contributed by atoms with Crippen LogP contribution in [0.4, 0.5) is 9.18 Å². The van der Waals surface area contributed by atoms with E-state index in [1.54, 1.807) is 19.1 Å². The number of hydrogen-bond acceptors (Lipinski definition) is 3. The highest BCUT2D eigenvalue weighted by atomic mass is 19.1. The van der Waals surface area contributed by atoms with Crippen LogP contribution in [0.3, 0.4) is 0 Å². The van der Waals surface area contributed by atoms with Crippen molar-refractivity contribution < 1.29 is 14.0 Å². The summed E-state index contributed by atoms with van der Waals surface area (Å²) in [5.74, 6) is -0.405. The fourth-order valence-electron chi connectivity index (χ4n) is 3.36. The van der Waals surface area contributed by atoms with E-state index in [1.807, 2.05) is 0 Å². The number of piperidine rings is 1. The number of benzene rings is 1. The minimum absolute atomic E-state index is 0.0770. The van der Waals surface area contributed by atoms with Crippen LogP contribution in [-0.2, 0) is 11.3 Å². The lowest BCUT2D eigenvalue weighted by Crippen LogP contribution is -2.55. The van der Waals surface area contributed by atoms with Gasteiger partial charge in [-0.2, -0.15) is 0 Å². The molecule has 0 aromatic heterocycles. The lowest BCUT2D eigenvalue weighted by atomic mass is 9.80. The Hall–Kier alpha value is -1.95. The van der Waals surface area contributed by atoms with Crippen LogP contribution < -0.4 is 10.6 Å². The molecule has 1 aromatic carbocycles. The summed E-state index contributed by atoms with van der Waals surface area (Å²) in [6, 6.07) is 6.07. The molecule has 0 aliphatic carbocycles. The first-order valence-electron chi connectivity index (χ1n) is 7.58. The van der Waals surface area contributed by atoms with Gasteiger partial charge in [0, 0.05) is 19.0 Å². The Labute approximate surface area is 128 Å². The van der Waals surface area contributed by atoms with Crippen molar-refractivity contribution in [3.05, 3.63) is 35.6 Å². The maximum absolute atomic E-state index is 13.0. The van der Waals surface area contributed by atoms with E-state index < -0.39 is 11.6 Å². The molecule has 22 heavy (non-hydrogen) atoms. The fourth-order valence-corrected chi connectivity index (χ4v) is 3.36. The second-order valence-electron chi connectivity index (χ2n) is 6.31. The molecule has 0 bridgehead atoms. The third-order valence-electron chi connectivity index (χ3n) is 4.71. The number of nitrogens with zero attached hydrogens (tertiary/aromatic N) is 1. The Bertz CT molecular complexity index is 590. The van der Waals surface area contributed by atoms with Crippen LogP contribution in [0, 0.1) is 11.7 Å². The molecule has 2 saturated heterocycles. The molecule has 5 nitrogen and oxygen atoms in total. The molecule has 0 unspecified atom stereocenters. The van der Waals surface area contributed by atoms with Crippen LogP contribution in [0.15, 0.2) is 24.3 Å². The molecule has 2 atom stereocenters. The summed E-state index contributed by atoms with van der Waals surface area (Å²) >= 11 is 0. The lowest BCUT2D eigenvalue weighted by molar-refractivity contribution is -0.126. The van der Waals surface area contributed by atoms with Gasteiger partial charge in [0.1, 0.15) is 11.4 Å². The van der Waals surface area contributed by atoms with E-state index >= 15 is 0 Å². The van der Waals surface area contributed by atoms with Gasteiger partial charge in [-0.15, -0.1) is 0 Å². The van der Waals surface area contributed by atoms with Crippen molar-refractivity contribution in [1.29, 1.82) is 0 Å². The minimum Gasteiger partial charge on any atom is -0.323 e. The summed E-state index contributed by atoms with van der Waals surface area (Å²) in [6.45, 7) is 4.20. The SMILES string of the molecule is C[C@@]1([C@@H]2CCCN(Cc3ccc(F)cc3)C2)NC(=O)NC1=O. The number of carbonyl (C=O) groups excluding carboxylic acids is 2. The fraction of sp³-hybridized carbons (Fsp3) is 0.500. The molecule has 2 aliphatic rings. The van der Waals surface area contributed by atoms with Crippen LogP contribution in [-0.4, -0.2) is 35.5 Å². The normalized spacial score (nSPS) is 29.3. The summed E-state index contributed by atoms with van der Waals surface area (Å²) < 4.78 is 13.0. The Kier molecular flexibility index (Phi) is 3.87. The van der Waals surface area contributed by atoms with Crippen LogP contribution in [0.2, 0.25) is 0 Å². The highest BCUT2D eigenvalue weighted by Gasteiger charge is 2.48. The third kappa shape index (κ3) is 2.83. The average Bonchev–Trinajstić information content (AvgIpc) is 2.76. The van der Waals surface area contributed by atoms with E-state index in [4.69, 9.17) is 0 Å². The van der Waals surface area contributed by atoms with E-state index in [1.165, 1.54) is 12.1 Å². The quantitative estimate of drug-likeness (QED) is 0.835. The van der Waals surface area contributed by atoms with Crippen LogP contribution in [0.1, 0.15) is 25.3 Å². The molecule has 6 heteroatoms. The molecular weight excluding hydrogens is 285 g/mol. The first-order chi connectivity index (χ1) is 10.5. The number of rotatable bonds is 3. The molecule has 2 heterocycles. The topological polar surface area (TPSA) is 61.4 Å². The zero-order valence-corrected chi connectivity index (χ0v) is 12.6. The standard InChI is InChI=1S/C16H20FN3O2/c1-16(14(21)18-15(22)19-16)12-3-2-8-20(10-12)9-11-4-6-13(17)7-5-11/h4-7,12H,2-3,8-10H2,1H3,(H2,18,19,21,22)/t12-,16+/m1/s1. The summed E-state index contributed by atoms with van der Waals surface area (Å²) in [5.41, 5.74) is 0.213.